The predicted octanol–water partition coefficient (Wildman–Crippen LogP) is 2.70. The zero-order chi connectivity index (χ0) is 13.3. The summed E-state index contributed by atoms with van der Waals surface area (Å²) in [5.41, 5.74) is 6.62. The summed E-state index contributed by atoms with van der Waals surface area (Å²) in [5.74, 6) is 6.36. The van der Waals surface area contributed by atoms with E-state index >= 15 is 0 Å². The minimum atomic E-state index is -0.378. The number of benzene rings is 1. The lowest BCUT2D eigenvalue weighted by atomic mass is 10.1. The lowest BCUT2D eigenvalue weighted by Crippen LogP contribution is -2.15. The highest BCUT2D eigenvalue weighted by atomic mass is 79.9. The molecule has 0 aliphatic rings. The summed E-state index contributed by atoms with van der Waals surface area (Å²) in [4.78, 5) is 4.32. The number of imidazole rings is 1. The van der Waals surface area contributed by atoms with Gasteiger partial charge in [-0.25, -0.2) is 14.1 Å². The van der Waals surface area contributed by atoms with E-state index in [1.807, 2.05) is 6.92 Å². The third-order valence-electron chi connectivity index (χ3n) is 2.68. The van der Waals surface area contributed by atoms with Crippen LogP contribution >= 0.6 is 15.9 Å². The van der Waals surface area contributed by atoms with Gasteiger partial charge < -0.3 is 11.6 Å². The smallest absolute Gasteiger partial charge is 0.150 e. The Bertz CT molecular complexity index is 580. The van der Waals surface area contributed by atoms with Crippen LogP contribution in [0.5, 0.6) is 0 Å². The molecule has 0 unspecified atom stereocenters. The van der Waals surface area contributed by atoms with Crippen molar-refractivity contribution in [1.29, 1.82) is 0 Å². The van der Waals surface area contributed by atoms with Crippen LogP contribution in [0.1, 0.15) is 19.2 Å². The van der Waals surface area contributed by atoms with Gasteiger partial charge in [0.2, 0.25) is 0 Å². The third-order valence-corrected chi connectivity index (χ3v) is 3.17. The standard InChI is InChI=1S/C12H14BrFN4/c1-2-3-10-17-11(12(15)18(10)16)8-5-4-7(13)6-9(8)14/h4-6H,2-3,15-16H2,1H3. The second-order valence-electron chi connectivity index (χ2n) is 4.01. The van der Waals surface area contributed by atoms with Gasteiger partial charge in [0.15, 0.2) is 5.82 Å². The average Bonchev–Trinajstić information content (AvgIpc) is 2.58. The van der Waals surface area contributed by atoms with Crippen molar-refractivity contribution in [3.8, 4) is 11.3 Å². The first-order chi connectivity index (χ1) is 8.54. The van der Waals surface area contributed by atoms with Gasteiger partial charge in [-0.2, -0.15) is 0 Å². The maximum absolute atomic E-state index is 13.9. The summed E-state index contributed by atoms with van der Waals surface area (Å²) in [5, 5.41) is 0. The lowest BCUT2D eigenvalue weighted by molar-refractivity contribution is 0.630. The summed E-state index contributed by atoms with van der Waals surface area (Å²) < 4.78 is 15.9. The quantitative estimate of drug-likeness (QED) is 0.856. The molecule has 4 nitrogen and oxygen atoms in total. The van der Waals surface area contributed by atoms with Crippen molar-refractivity contribution < 1.29 is 4.39 Å². The maximum Gasteiger partial charge on any atom is 0.150 e. The fraction of sp³-hybridized carbons (Fsp3) is 0.250. The number of nitrogen functional groups attached to an aromatic ring is 2. The van der Waals surface area contributed by atoms with E-state index in [0.717, 1.165) is 6.42 Å². The number of halogens is 2. The number of nitrogens with zero attached hydrogens (tertiary/aromatic N) is 2. The van der Waals surface area contributed by atoms with Crippen LogP contribution < -0.4 is 11.6 Å². The molecule has 1 heterocycles. The second kappa shape index (κ2) is 4.97. The maximum atomic E-state index is 13.9. The normalized spacial score (nSPS) is 10.8. The number of hydrogen-bond acceptors (Lipinski definition) is 3. The molecule has 2 aromatic rings. The molecule has 0 fully saturated rings. The molecule has 1 aromatic heterocycles. The van der Waals surface area contributed by atoms with Crippen LogP contribution in [-0.4, -0.2) is 9.66 Å². The summed E-state index contributed by atoms with van der Waals surface area (Å²) in [6, 6.07) is 4.75. The minimum Gasteiger partial charge on any atom is -0.382 e. The Balaban J connectivity index is 2.53. The summed E-state index contributed by atoms with van der Waals surface area (Å²) >= 11 is 3.21. The Morgan fingerprint density at radius 2 is 2.17 bits per heavy atom. The molecule has 4 N–H and O–H groups in total. The van der Waals surface area contributed by atoms with E-state index in [2.05, 4.69) is 20.9 Å². The van der Waals surface area contributed by atoms with Gasteiger partial charge in [0.05, 0.1) is 0 Å². The van der Waals surface area contributed by atoms with E-state index in [1.165, 1.54) is 10.7 Å². The van der Waals surface area contributed by atoms with Crippen molar-refractivity contribution in [2.24, 2.45) is 0 Å². The van der Waals surface area contributed by atoms with Crippen molar-refractivity contribution in [3.05, 3.63) is 34.3 Å². The molecule has 0 saturated heterocycles. The summed E-state index contributed by atoms with van der Waals surface area (Å²) in [6.07, 6.45) is 1.61. The van der Waals surface area contributed by atoms with E-state index in [1.54, 1.807) is 12.1 Å². The van der Waals surface area contributed by atoms with Gasteiger partial charge >= 0.3 is 0 Å². The Morgan fingerprint density at radius 3 is 2.78 bits per heavy atom. The van der Waals surface area contributed by atoms with Gasteiger partial charge in [0.1, 0.15) is 17.3 Å². The first-order valence-electron chi connectivity index (χ1n) is 5.62. The topological polar surface area (TPSA) is 69.9 Å². The molecule has 2 rings (SSSR count). The van der Waals surface area contributed by atoms with Crippen molar-refractivity contribution in [2.45, 2.75) is 19.8 Å². The number of rotatable bonds is 3. The number of nitrogens with two attached hydrogens (primary N) is 2. The number of aryl methyl sites for hydroxylation is 1. The largest absolute Gasteiger partial charge is 0.382 e. The van der Waals surface area contributed by atoms with Gasteiger partial charge in [-0.3, -0.25) is 0 Å². The first-order valence-corrected chi connectivity index (χ1v) is 6.41. The summed E-state index contributed by atoms with van der Waals surface area (Å²) in [7, 11) is 0. The molecule has 96 valence electrons. The number of aromatic nitrogens is 2. The molecule has 0 amide bonds. The van der Waals surface area contributed by atoms with Crippen LogP contribution in [0.4, 0.5) is 10.2 Å². The monoisotopic (exact) mass is 312 g/mol. The fourth-order valence-electron chi connectivity index (χ4n) is 1.77. The van der Waals surface area contributed by atoms with Gasteiger partial charge in [0, 0.05) is 16.5 Å². The summed E-state index contributed by atoms with van der Waals surface area (Å²) in [6.45, 7) is 2.02. The van der Waals surface area contributed by atoms with E-state index in [-0.39, 0.29) is 11.6 Å². The molecular weight excluding hydrogens is 299 g/mol. The predicted molar refractivity (Wildman–Crippen MR) is 73.9 cm³/mol. The Hall–Kier alpha value is -1.56. The second-order valence-corrected chi connectivity index (χ2v) is 4.92. The molecular formula is C12H14BrFN4. The van der Waals surface area contributed by atoms with E-state index in [4.69, 9.17) is 11.6 Å². The van der Waals surface area contributed by atoms with E-state index in [0.29, 0.717) is 28.0 Å². The molecule has 0 aliphatic carbocycles. The average molecular weight is 313 g/mol. The van der Waals surface area contributed by atoms with Crippen LogP contribution in [0.15, 0.2) is 22.7 Å². The molecule has 0 spiro atoms. The molecule has 18 heavy (non-hydrogen) atoms. The van der Waals surface area contributed by atoms with Gasteiger partial charge in [-0.1, -0.05) is 22.9 Å². The van der Waals surface area contributed by atoms with Crippen molar-refractivity contribution >= 4 is 21.7 Å². The first kappa shape index (κ1) is 12.9. The van der Waals surface area contributed by atoms with Crippen LogP contribution in [0.2, 0.25) is 0 Å². The highest BCUT2D eigenvalue weighted by molar-refractivity contribution is 9.10. The zero-order valence-corrected chi connectivity index (χ0v) is 11.5. The van der Waals surface area contributed by atoms with Crippen LogP contribution in [0.25, 0.3) is 11.3 Å². The molecule has 0 aliphatic heterocycles. The molecule has 6 heteroatoms. The lowest BCUT2D eigenvalue weighted by Gasteiger charge is -2.02. The van der Waals surface area contributed by atoms with Gasteiger partial charge in [-0.05, 0) is 24.6 Å². The van der Waals surface area contributed by atoms with E-state index < -0.39 is 0 Å². The van der Waals surface area contributed by atoms with E-state index in [9.17, 15) is 4.39 Å². The fourth-order valence-corrected chi connectivity index (χ4v) is 2.11. The highest BCUT2D eigenvalue weighted by Crippen LogP contribution is 2.29. The van der Waals surface area contributed by atoms with Crippen molar-refractivity contribution in [3.63, 3.8) is 0 Å². The number of anilines is 1. The molecule has 0 radical (unpaired) electrons. The Labute approximate surface area is 113 Å². The van der Waals surface area contributed by atoms with Crippen molar-refractivity contribution in [2.75, 3.05) is 11.6 Å². The zero-order valence-electron chi connectivity index (χ0n) is 9.95. The minimum absolute atomic E-state index is 0.277. The van der Waals surface area contributed by atoms with Gasteiger partial charge in [0.25, 0.3) is 0 Å². The highest BCUT2D eigenvalue weighted by Gasteiger charge is 2.17. The molecule has 0 saturated carbocycles. The third kappa shape index (κ3) is 2.20. The van der Waals surface area contributed by atoms with Crippen molar-refractivity contribution in [1.82, 2.24) is 9.66 Å². The molecule has 0 bridgehead atoms. The van der Waals surface area contributed by atoms with Crippen LogP contribution in [0.3, 0.4) is 0 Å². The SMILES string of the molecule is CCCc1nc(-c2ccc(Br)cc2F)c(N)n1N. The Morgan fingerprint density at radius 1 is 1.44 bits per heavy atom. The van der Waals surface area contributed by atoms with Gasteiger partial charge in [-0.15, -0.1) is 0 Å². The number of hydrogen-bond donors (Lipinski definition) is 2. The van der Waals surface area contributed by atoms with Crippen LogP contribution in [0, 0.1) is 5.82 Å². The Kier molecular flexibility index (Phi) is 3.56. The van der Waals surface area contributed by atoms with Crippen LogP contribution in [-0.2, 0) is 6.42 Å². The molecule has 1 aromatic carbocycles. The molecule has 0 atom stereocenters.